The smallest absolute Gasteiger partial charge is 0.222 e. The molecule has 202 valence electrons. The topological polar surface area (TPSA) is 71.0 Å². The highest BCUT2D eigenvalue weighted by Gasteiger charge is 2.80. The van der Waals surface area contributed by atoms with Gasteiger partial charge in [0.25, 0.3) is 0 Å². The summed E-state index contributed by atoms with van der Waals surface area (Å²) in [5.41, 5.74) is 2.21. The average molecular weight is 509 g/mol. The second-order valence-corrected chi connectivity index (χ2v) is 13.3. The number of nitrogens with one attached hydrogen (secondary N) is 1. The van der Waals surface area contributed by atoms with Gasteiger partial charge in [-0.25, -0.2) is 0 Å². The van der Waals surface area contributed by atoms with Gasteiger partial charge in [0.15, 0.2) is 11.5 Å². The van der Waals surface area contributed by atoms with Crippen molar-refractivity contribution in [3.8, 4) is 11.5 Å². The Bertz CT molecular complexity index is 1100. The highest BCUT2D eigenvalue weighted by Crippen LogP contribution is 2.76. The van der Waals surface area contributed by atoms with Crippen LogP contribution in [0.2, 0.25) is 0 Å². The zero-order chi connectivity index (χ0) is 25.6. The number of carbonyl (C=O) groups is 1. The number of likely N-dealkylation sites (tertiary alicyclic amines) is 1. The van der Waals surface area contributed by atoms with Gasteiger partial charge in [0.2, 0.25) is 5.91 Å². The highest BCUT2D eigenvalue weighted by atomic mass is 16.6. The van der Waals surface area contributed by atoms with Crippen molar-refractivity contribution in [1.82, 2.24) is 10.2 Å². The number of ether oxygens (including phenoxy) is 2. The number of fused-ring (bicyclic) bond motifs is 2. The molecule has 37 heavy (non-hydrogen) atoms. The number of amides is 1. The SMILES string of the molecule is CCCCC(C)C(=O)NC[C@H]1C[C@@]23CC[C@]1(OC)[C@@H]1Oc4c(O)ccc5c4C12CCN(CC1CC1)C3C5. The summed E-state index contributed by atoms with van der Waals surface area (Å²) in [7, 11) is 1.85. The fourth-order valence-electron chi connectivity index (χ4n) is 9.83. The molecule has 4 saturated carbocycles. The van der Waals surface area contributed by atoms with Gasteiger partial charge in [-0.15, -0.1) is 0 Å². The number of aromatic hydroxyl groups is 1. The van der Waals surface area contributed by atoms with Gasteiger partial charge in [-0.05, 0) is 75.5 Å². The van der Waals surface area contributed by atoms with E-state index in [1.165, 1.54) is 30.5 Å². The Hall–Kier alpha value is -1.79. The molecule has 7 atom stereocenters. The Kier molecular flexibility index (Phi) is 5.48. The molecule has 2 N–H and O–H groups in total. The molecule has 1 amide bonds. The molecule has 7 aliphatic rings. The Labute approximate surface area is 221 Å². The first kappa shape index (κ1) is 24.3. The lowest BCUT2D eigenvalue weighted by atomic mass is 9.35. The Balaban J connectivity index is 1.28. The molecule has 4 bridgehead atoms. The van der Waals surface area contributed by atoms with Gasteiger partial charge in [-0.3, -0.25) is 9.69 Å². The summed E-state index contributed by atoms with van der Waals surface area (Å²) in [6, 6.07) is 4.50. The summed E-state index contributed by atoms with van der Waals surface area (Å²) in [5.74, 6) is 2.27. The number of rotatable bonds is 9. The average Bonchev–Trinajstić information content (AvgIpc) is 3.65. The number of unbranched alkanes of at least 4 members (excludes halogenated alkanes) is 1. The van der Waals surface area contributed by atoms with Crippen molar-refractivity contribution in [2.75, 3.05) is 26.7 Å². The van der Waals surface area contributed by atoms with E-state index in [2.05, 4.69) is 30.1 Å². The molecular formula is C31H44N2O4. The van der Waals surface area contributed by atoms with Crippen molar-refractivity contribution in [2.45, 2.75) is 101 Å². The van der Waals surface area contributed by atoms with E-state index >= 15 is 0 Å². The molecule has 3 unspecified atom stereocenters. The first-order valence-electron chi connectivity index (χ1n) is 15.0. The van der Waals surface area contributed by atoms with E-state index in [4.69, 9.17) is 9.47 Å². The lowest BCUT2D eigenvalue weighted by molar-refractivity contribution is -0.276. The van der Waals surface area contributed by atoms with Gasteiger partial charge in [-0.2, -0.15) is 0 Å². The van der Waals surface area contributed by atoms with Crippen molar-refractivity contribution in [3.63, 3.8) is 0 Å². The predicted octanol–water partition coefficient (Wildman–Crippen LogP) is 4.56. The van der Waals surface area contributed by atoms with Crippen LogP contribution < -0.4 is 10.1 Å². The van der Waals surface area contributed by atoms with Crippen molar-refractivity contribution in [1.29, 1.82) is 0 Å². The van der Waals surface area contributed by atoms with Crippen LogP contribution in [-0.4, -0.2) is 60.4 Å². The first-order valence-corrected chi connectivity index (χ1v) is 15.0. The summed E-state index contributed by atoms with van der Waals surface area (Å²) in [4.78, 5) is 15.9. The predicted molar refractivity (Wildman–Crippen MR) is 142 cm³/mol. The van der Waals surface area contributed by atoms with Crippen LogP contribution in [0, 0.1) is 23.2 Å². The van der Waals surface area contributed by atoms with Crippen molar-refractivity contribution >= 4 is 5.91 Å². The fraction of sp³-hybridized carbons (Fsp3) is 0.774. The van der Waals surface area contributed by atoms with Crippen LogP contribution in [0.5, 0.6) is 11.5 Å². The summed E-state index contributed by atoms with van der Waals surface area (Å²) in [6.07, 6.45) is 11.1. The van der Waals surface area contributed by atoms with Gasteiger partial charge < -0.3 is 19.9 Å². The minimum absolute atomic E-state index is 0.0401. The molecule has 5 aliphatic carbocycles. The Morgan fingerprint density at radius 1 is 1.30 bits per heavy atom. The molecule has 6 nitrogen and oxygen atoms in total. The molecule has 2 heterocycles. The quantitative estimate of drug-likeness (QED) is 0.512. The third-order valence-corrected chi connectivity index (χ3v) is 11.8. The number of piperidine rings is 1. The summed E-state index contributed by atoms with van der Waals surface area (Å²) < 4.78 is 13.4. The minimum Gasteiger partial charge on any atom is -0.504 e. The number of hydrogen-bond acceptors (Lipinski definition) is 5. The third kappa shape index (κ3) is 3.09. The van der Waals surface area contributed by atoms with Crippen LogP contribution in [0.4, 0.5) is 0 Å². The summed E-state index contributed by atoms with van der Waals surface area (Å²) in [5, 5.41) is 14.3. The Morgan fingerprint density at radius 3 is 2.89 bits per heavy atom. The van der Waals surface area contributed by atoms with Crippen LogP contribution in [0.25, 0.3) is 0 Å². The molecular weight excluding hydrogens is 464 g/mol. The molecule has 5 fully saturated rings. The third-order valence-electron chi connectivity index (χ3n) is 11.8. The second-order valence-electron chi connectivity index (χ2n) is 13.3. The van der Waals surface area contributed by atoms with Crippen LogP contribution in [0.1, 0.15) is 82.8 Å². The van der Waals surface area contributed by atoms with Crippen LogP contribution in [0.15, 0.2) is 12.1 Å². The molecule has 2 spiro atoms. The number of benzene rings is 1. The lowest BCUT2D eigenvalue weighted by Gasteiger charge is -2.74. The number of phenolic OH excluding ortho intramolecular Hbond substituents is 1. The Morgan fingerprint density at radius 2 is 2.14 bits per heavy atom. The normalized spacial score (nSPS) is 39.7. The summed E-state index contributed by atoms with van der Waals surface area (Å²) in [6.45, 7) is 7.20. The van der Waals surface area contributed by atoms with Gasteiger partial charge in [0.05, 0.1) is 0 Å². The largest absolute Gasteiger partial charge is 0.504 e. The number of methoxy groups -OCH3 is 1. The molecule has 1 aromatic rings. The van der Waals surface area contributed by atoms with E-state index in [-0.39, 0.29) is 40.4 Å². The standard InChI is InChI=1S/C31H44N2O4/c1-4-5-6-19(2)27(35)32-17-22-16-29-11-12-31(22,36-3)28-30(29)13-14-33(18-20-7-8-20)24(29)15-21-9-10-23(34)26(37-28)25(21)30/h9-10,19-20,22,24,28,34H,4-8,11-18H2,1-3H3,(H,32,35)/t19?,22-,24?,28-,29-,30?,31-/m1/s1. The van der Waals surface area contributed by atoms with E-state index in [1.54, 1.807) is 0 Å². The minimum atomic E-state index is -0.453. The van der Waals surface area contributed by atoms with Gasteiger partial charge in [0.1, 0.15) is 11.7 Å². The lowest BCUT2D eigenvalue weighted by Crippen LogP contribution is -2.81. The van der Waals surface area contributed by atoms with Crippen molar-refractivity contribution in [2.24, 2.45) is 23.2 Å². The molecule has 8 rings (SSSR count). The van der Waals surface area contributed by atoms with Gasteiger partial charge >= 0.3 is 0 Å². The van der Waals surface area contributed by atoms with Crippen molar-refractivity contribution in [3.05, 3.63) is 23.3 Å². The van der Waals surface area contributed by atoms with Crippen LogP contribution >= 0.6 is 0 Å². The van der Waals surface area contributed by atoms with Crippen LogP contribution in [-0.2, 0) is 21.4 Å². The number of hydrogen-bond donors (Lipinski definition) is 2. The molecule has 2 aliphatic heterocycles. The van der Waals surface area contributed by atoms with E-state index in [1.807, 2.05) is 13.2 Å². The maximum Gasteiger partial charge on any atom is 0.222 e. The maximum atomic E-state index is 13.1. The maximum absolute atomic E-state index is 13.1. The number of carbonyl (C=O) groups excluding carboxylic acids is 1. The number of nitrogens with zero attached hydrogens (tertiary/aromatic N) is 1. The highest BCUT2D eigenvalue weighted by molar-refractivity contribution is 5.78. The van der Waals surface area contributed by atoms with Gasteiger partial charge in [-0.1, -0.05) is 32.8 Å². The van der Waals surface area contributed by atoms with E-state index in [0.717, 1.165) is 69.6 Å². The summed E-state index contributed by atoms with van der Waals surface area (Å²) >= 11 is 0. The van der Waals surface area contributed by atoms with Gasteiger partial charge in [0, 0.05) is 54.5 Å². The van der Waals surface area contributed by atoms with E-state index in [9.17, 15) is 9.90 Å². The fourth-order valence-corrected chi connectivity index (χ4v) is 9.83. The zero-order valence-corrected chi connectivity index (χ0v) is 22.9. The molecule has 0 radical (unpaired) electrons. The molecule has 1 aromatic carbocycles. The van der Waals surface area contributed by atoms with Crippen molar-refractivity contribution < 1.29 is 19.4 Å². The van der Waals surface area contributed by atoms with E-state index in [0.29, 0.717) is 12.6 Å². The van der Waals surface area contributed by atoms with E-state index < -0.39 is 5.60 Å². The monoisotopic (exact) mass is 508 g/mol. The van der Waals surface area contributed by atoms with Crippen LogP contribution in [0.3, 0.4) is 0 Å². The second kappa shape index (κ2) is 8.35. The number of phenols is 1. The molecule has 0 aromatic heterocycles. The molecule has 6 heteroatoms. The first-order chi connectivity index (χ1) is 17.9. The zero-order valence-electron chi connectivity index (χ0n) is 22.9. The molecule has 1 saturated heterocycles.